The molecule has 1 heterocycles. The average Bonchev–Trinajstić information content (AvgIpc) is 3.16. The molecule has 110 valence electrons. The third kappa shape index (κ3) is 2.75. The van der Waals surface area contributed by atoms with Crippen LogP contribution in [0.25, 0.3) is 0 Å². The van der Waals surface area contributed by atoms with E-state index in [2.05, 4.69) is 25.2 Å². The maximum absolute atomic E-state index is 6.48. The molecule has 2 aliphatic rings. The highest BCUT2D eigenvalue weighted by atomic mass is 35.5. The van der Waals surface area contributed by atoms with Gasteiger partial charge in [-0.1, -0.05) is 25.4 Å². The van der Waals surface area contributed by atoms with Crippen LogP contribution in [-0.4, -0.2) is 19.8 Å². The normalized spacial score (nSPS) is 25.4. The Balaban J connectivity index is 1.89. The molecule has 1 aliphatic heterocycles. The zero-order chi connectivity index (χ0) is 14.1. The van der Waals surface area contributed by atoms with Crippen molar-refractivity contribution in [1.82, 2.24) is 5.32 Å². The van der Waals surface area contributed by atoms with Gasteiger partial charge in [0.1, 0.15) is 13.2 Å². The van der Waals surface area contributed by atoms with Crippen LogP contribution >= 0.6 is 11.6 Å². The van der Waals surface area contributed by atoms with E-state index in [0.29, 0.717) is 25.2 Å². The van der Waals surface area contributed by atoms with Crippen LogP contribution in [0.3, 0.4) is 0 Å². The monoisotopic (exact) mass is 295 g/mol. The van der Waals surface area contributed by atoms with Crippen LogP contribution in [0.1, 0.15) is 38.3 Å². The topological polar surface area (TPSA) is 30.5 Å². The first kappa shape index (κ1) is 14.0. The number of ether oxygens (including phenoxy) is 2. The van der Waals surface area contributed by atoms with Gasteiger partial charge < -0.3 is 14.8 Å². The summed E-state index contributed by atoms with van der Waals surface area (Å²) < 4.78 is 11.3. The van der Waals surface area contributed by atoms with Crippen molar-refractivity contribution in [2.24, 2.45) is 11.8 Å². The first-order valence-corrected chi connectivity index (χ1v) is 7.91. The van der Waals surface area contributed by atoms with Crippen molar-refractivity contribution < 1.29 is 9.47 Å². The van der Waals surface area contributed by atoms with Crippen LogP contribution in [0, 0.1) is 11.8 Å². The molecule has 0 radical (unpaired) electrons. The number of fused-ring (bicyclic) bond motifs is 1. The van der Waals surface area contributed by atoms with Gasteiger partial charge in [0.2, 0.25) is 0 Å². The van der Waals surface area contributed by atoms with E-state index in [4.69, 9.17) is 21.1 Å². The fourth-order valence-corrected chi connectivity index (χ4v) is 3.20. The maximum Gasteiger partial charge on any atom is 0.162 e. The summed E-state index contributed by atoms with van der Waals surface area (Å²) in [6.07, 6.45) is 2.39. The summed E-state index contributed by atoms with van der Waals surface area (Å²) in [7, 11) is 0. The molecule has 0 aromatic heterocycles. The number of hydrogen-bond acceptors (Lipinski definition) is 3. The van der Waals surface area contributed by atoms with Gasteiger partial charge in [0.05, 0.1) is 0 Å². The van der Waals surface area contributed by atoms with E-state index < -0.39 is 0 Å². The Morgan fingerprint density at radius 3 is 2.55 bits per heavy atom. The van der Waals surface area contributed by atoms with Crippen molar-refractivity contribution in [3.8, 4) is 11.5 Å². The van der Waals surface area contributed by atoms with Crippen molar-refractivity contribution in [1.29, 1.82) is 0 Å². The first-order valence-electron chi connectivity index (χ1n) is 7.53. The number of hydrogen-bond donors (Lipinski definition) is 1. The quantitative estimate of drug-likeness (QED) is 0.896. The van der Waals surface area contributed by atoms with Gasteiger partial charge in [-0.05, 0) is 42.9 Å². The van der Waals surface area contributed by atoms with Crippen LogP contribution in [0.15, 0.2) is 12.1 Å². The zero-order valence-electron chi connectivity index (χ0n) is 12.1. The number of halogens is 1. The second kappa shape index (κ2) is 5.82. The summed E-state index contributed by atoms with van der Waals surface area (Å²) in [6, 6.07) is 4.29. The van der Waals surface area contributed by atoms with Gasteiger partial charge in [-0.15, -0.1) is 0 Å². The van der Waals surface area contributed by atoms with Crippen molar-refractivity contribution >= 4 is 11.6 Å². The van der Waals surface area contributed by atoms with E-state index in [9.17, 15) is 0 Å². The van der Waals surface area contributed by atoms with Gasteiger partial charge in [0.25, 0.3) is 0 Å². The predicted molar refractivity (Wildman–Crippen MR) is 80.7 cm³/mol. The molecule has 1 aliphatic carbocycles. The highest BCUT2D eigenvalue weighted by Crippen LogP contribution is 2.49. The van der Waals surface area contributed by atoms with Crippen LogP contribution < -0.4 is 14.8 Å². The smallest absolute Gasteiger partial charge is 0.162 e. The van der Waals surface area contributed by atoms with Gasteiger partial charge in [0.15, 0.2) is 11.5 Å². The molecule has 1 aromatic carbocycles. The lowest BCUT2D eigenvalue weighted by molar-refractivity contribution is 0.171. The molecule has 0 spiro atoms. The Hall–Kier alpha value is -0.930. The molecule has 3 atom stereocenters. The van der Waals surface area contributed by atoms with Gasteiger partial charge in [-0.25, -0.2) is 0 Å². The fraction of sp³-hybridized carbons (Fsp3) is 0.625. The van der Waals surface area contributed by atoms with E-state index in [0.717, 1.165) is 41.0 Å². The molecule has 3 rings (SSSR count). The van der Waals surface area contributed by atoms with Crippen LogP contribution in [0.4, 0.5) is 0 Å². The lowest BCUT2D eigenvalue weighted by Crippen LogP contribution is -2.25. The first-order chi connectivity index (χ1) is 9.70. The van der Waals surface area contributed by atoms with Crippen molar-refractivity contribution in [2.75, 3.05) is 19.8 Å². The maximum atomic E-state index is 6.48. The molecule has 0 bridgehead atoms. The third-order valence-corrected chi connectivity index (χ3v) is 4.54. The minimum atomic E-state index is 0.327. The molecular weight excluding hydrogens is 274 g/mol. The Morgan fingerprint density at radius 2 is 1.95 bits per heavy atom. The molecule has 0 saturated heterocycles. The van der Waals surface area contributed by atoms with Crippen LogP contribution in [-0.2, 0) is 0 Å². The minimum Gasteiger partial charge on any atom is -0.486 e. The van der Waals surface area contributed by atoms with Gasteiger partial charge in [0, 0.05) is 17.1 Å². The van der Waals surface area contributed by atoms with Gasteiger partial charge in [-0.3, -0.25) is 0 Å². The summed E-state index contributed by atoms with van der Waals surface area (Å²) in [5.74, 6) is 3.05. The molecule has 1 saturated carbocycles. The molecule has 1 N–H and O–H groups in total. The van der Waals surface area contributed by atoms with E-state index in [1.54, 1.807) is 0 Å². The van der Waals surface area contributed by atoms with Gasteiger partial charge >= 0.3 is 0 Å². The fourth-order valence-electron chi connectivity index (χ4n) is 2.93. The van der Waals surface area contributed by atoms with E-state index in [1.165, 1.54) is 6.42 Å². The van der Waals surface area contributed by atoms with Crippen LogP contribution in [0.2, 0.25) is 5.02 Å². The average molecular weight is 296 g/mol. The van der Waals surface area contributed by atoms with Crippen LogP contribution in [0.5, 0.6) is 11.5 Å². The third-order valence-electron chi connectivity index (χ3n) is 4.21. The SMILES string of the molecule is CCCNC(c1cc2c(cc1Cl)OCCO2)C1CC1C. The standard InChI is InChI=1S/C16H22ClNO2/c1-3-4-18-16(11-7-10(11)2)12-8-14-15(9-13(12)17)20-6-5-19-14/h8-11,16,18H,3-7H2,1-2H3. The summed E-state index contributed by atoms with van der Waals surface area (Å²) in [5.41, 5.74) is 1.15. The number of benzene rings is 1. The Bertz CT molecular complexity index is 492. The molecule has 3 unspecified atom stereocenters. The van der Waals surface area contributed by atoms with Gasteiger partial charge in [-0.2, -0.15) is 0 Å². The number of rotatable bonds is 5. The van der Waals surface area contributed by atoms with Crippen molar-refractivity contribution in [2.45, 2.75) is 32.7 Å². The number of nitrogens with one attached hydrogen (secondary N) is 1. The molecule has 4 heteroatoms. The molecule has 1 fully saturated rings. The van der Waals surface area contributed by atoms with E-state index in [1.807, 2.05) is 6.07 Å². The Kier molecular flexibility index (Phi) is 4.08. The van der Waals surface area contributed by atoms with E-state index in [-0.39, 0.29) is 0 Å². The summed E-state index contributed by atoms with van der Waals surface area (Å²) in [4.78, 5) is 0. The lowest BCUT2D eigenvalue weighted by Gasteiger charge is -2.24. The summed E-state index contributed by atoms with van der Waals surface area (Å²) in [6.45, 7) is 6.71. The molecular formula is C16H22ClNO2. The second-order valence-electron chi connectivity index (χ2n) is 5.83. The predicted octanol–water partition coefficient (Wildman–Crippen LogP) is 3.81. The Morgan fingerprint density at radius 1 is 1.30 bits per heavy atom. The Labute approximate surface area is 125 Å². The minimum absolute atomic E-state index is 0.327. The summed E-state index contributed by atoms with van der Waals surface area (Å²) in [5, 5.41) is 4.42. The molecule has 0 amide bonds. The lowest BCUT2D eigenvalue weighted by atomic mass is 10.00. The second-order valence-corrected chi connectivity index (χ2v) is 6.23. The van der Waals surface area contributed by atoms with E-state index >= 15 is 0 Å². The zero-order valence-corrected chi connectivity index (χ0v) is 12.9. The largest absolute Gasteiger partial charge is 0.486 e. The molecule has 1 aromatic rings. The summed E-state index contributed by atoms with van der Waals surface area (Å²) >= 11 is 6.48. The van der Waals surface area contributed by atoms with Crippen molar-refractivity contribution in [3.63, 3.8) is 0 Å². The highest BCUT2D eigenvalue weighted by Gasteiger charge is 2.41. The molecule has 20 heavy (non-hydrogen) atoms. The molecule has 3 nitrogen and oxygen atoms in total. The highest BCUT2D eigenvalue weighted by molar-refractivity contribution is 6.31. The van der Waals surface area contributed by atoms with Crippen molar-refractivity contribution in [3.05, 3.63) is 22.7 Å².